The summed E-state index contributed by atoms with van der Waals surface area (Å²) in [6.45, 7) is 2.24. The Kier molecular flexibility index (Phi) is 8.98. The minimum absolute atomic E-state index is 0. The number of nitrogens with one attached hydrogen (secondary N) is 1. The van der Waals surface area contributed by atoms with Gasteiger partial charge in [0.1, 0.15) is 5.75 Å². The van der Waals surface area contributed by atoms with Crippen molar-refractivity contribution in [2.24, 2.45) is 4.99 Å². The maximum absolute atomic E-state index is 5.45. The highest BCUT2D eigenvalue weighted by Gasteiger charge is 2.10. The van der Waals surface area contributed by atoms with E-state index >= 15 is 0 Å². The minimum atomic E-state index is 0. The number of ether oxygens (including phenoxy) is 1. The molecule has 7 heteroatoms. The molecule has 0 fully saturated rings. The fourth-order valence-electron chi connectivity index (χ4n) is 3.16. The van der Waals surface area contributed by atoms with E-state index in [4.69, 9.17) is 4.74 Å². The molecule has 0 atom stereocenters. The second kappa shape index (κ2) is 11.5. The summed E-state index contributed by atoms with van der Waals surface area (Å²) < 4.78 is 7.51. The first kappa shape index (κ1) is 22.7. The van der Waals surface area contributed by atoms with Gasteiger partial charge in [-0.1, -0.05) is 42.5 Å². The van der Waals surface area contributed by atoms with Crippen LogP contribution in [0.1, 0.15) is 16.7 Å². The van der Waals surface area contributed by atoms with Crippen LogP contribution in [0.15, 0.2) is 72.2 Å². The average molecular weight is 505 g/mol. The number of hydrogen-bond acceptors (Lipinski definition) is 3. The lowest BCUT2D eigenvalue weighted by atomic mass is 10.1. The van der Waals surface area contributed by atoms with Gasteiger partial charge in [0, 0.05) is 51.7 Å². The molecule has 2 aromatic carbocycles. The van der Waals surface area contributed by atoms with E-state index in [1.165, 1.54) is 11.1 Å². The van der Waals surface area contributed by atoms with Crippen LogP contribution in [0.25, 0.3) is 0 Å². The van der Waals surface area contributed by atoms with Crippen molar-refractivity contribution in [1.29, 1.82) is 0 Å². The molecule has 154 valence electrons. The fraction of sp³-hybridized carbons (Fsp3) is 0.273. The summed E-state index contributed by atoms with van der Waals surface area (Å²) in [6, 6.07) is 16.6. The highest BCUT2D eigenvalue weighted by Crippen LogP contribution is 2.18. The van der Waals surface area contributed by atoms with Crippen LogP contribution >= 0.6 is 24.0 Å². The Morgan fingerprint density at radius 2 is 1.97 bits per heavy atom. The van der Waals surface area contributed by atoms with Crippen LogP contribution in [0, 0.1) is 0 Å². The van der Waals surface area contributed by atoms with Gasteiger partial charge in [-0.3, -0.25) is 4.99 Å². The molecule has 6 nitrogen and oxygen atoms in total. The van der Waals surface area contributed by atoms with E-state index in [-0.39, 0.29) is 24.0 Å². The summed E-state index contributed by atoms with van der Waals surface area (Å²) in [5.74, 6) is 1.72. The van der Waals surface area contributed by atoms with Gasteiger partial charge in [-0.15, -0.1) is 24.0 Å². The first-order chi connectivity index (χ1) is 13.7. The van der Waals surface area contributed by atoms with Gasteiger partial charge in [-0.05, 0) is 17.2 Å². The SMILES string of the molecule is CN=C(NCc1cccc(Cn2ccnc2)c1)N(C)Cc1ccccc1OC.I. The van der Waals surface area contributed by atoms with Crippen molar-refractivity contribution in [2.45, 2.75) is 19.6 Å². The molecule has 1 heterocycles. The molecule has 0 saturated heterocycles. The van der Waals surface area contributed by atoms with Crippen LogP contribution in [0.3, 0.4) is 0 Å². The highest BCUT2D eigenvalue weighted by atomic mass is 127. The van der Waals surface area contributed by atoms with E-state index in [1.54, 1.807) is 20.4 Å². The molecule has 0 aliphatic carbocycles. The van der Waals surface area contributed by atoms with E-state index in [0.717, 1.165) is 23.8 Å². The molecular formula is C22H28IN5O. The quantitative estimate of drug-likeness (QED) is 0.302. The molecule has 3 rings (SSSR count). The Morgan fingerprint density at radius 3 is 2.69 bits per heavy atom. The zero-order valence-corrected chi connectivity index (χ0v) is 19.4. The van der Waals surface area contributed by atoms with Crippen LogP contribution in [0.4, 0.5) is 0 Å². The van der Waals surface area contributed by atoms with E-state index in [0.29, 0.717) is 13.1 Å². The summed E-state index contributed by atoms with van der Waals surface area (Å²) >= 11 is 0. The van der Waals surface area contributed by atoms with Crippen molar-refractivity contribution in [3.05, 3.63) is 83.9 Å². The third kappa shape index (κ3) is 6.49. The van der Waals surface area contributed by atoms with Crippen LogP contribution in [-0.4, -0.2) is 41.6 Å². The molecule has 0 radical (unpaired) electrons. The molecule has 29 heavy (non-hydrogen) atoms. The number of benzene rings is 2. The zero-order chi connectivity index (χ0) is 19.8. The first-order valence-corrected chi connectivity index (χ1v) is 9.27. The average Bonchev–Trinajstić information content (AvgIpc) is 3.22. The number of rotatable bonds is 7. The maximum Gasteiger partial charge on any atom is 0.193 e. The van der Waals surface area contributed by atoms with Crippen LogP contribution < -0.4 is 10.1 Å². The Labute approximate surface area is 189 Å². The lowest BCUT2D eigenvalue weighted by molar-refractivity contribution is 0.396. The van der Waals surface area contributed by atoms with Gasteiger partial charge in [-0.2, -0.15) is 0 Å². The molecule has 1 N–H and O–H groups in total. The fourth-order valence-corrected chi connectivity index (χ4v) is 3.16. The summed E-state index contributed by atoms with van der Waals surface area (Å²) in [4.78, 5) is 10.6. The van der Waals surface area contributed by atoms with Crippen molar-refractivity contribution in [2.75, 3.05) is 21.2 Å². The Balaban J connectivity index is 0.00000300. The number of guanidine groups is 1. The molecular weight excluding hydrogens is 477 g/mol. The molecule has 0 saturated carbocycles. The standard InChI is InChI=1S/C22H27N5O.HI/c1-23-22(26(2)16-20-9-4-5-10-21(20)28-3)25-14-18-7-6-8-19(13-18)15-27-12-11-24-17-27;/h4-13,17H,14-16H2,1-3H3,(H,23,25);1H. The molecule has 3 aromatic rings. The second-order valence-corrected chi connectivity index (χ2v) is 6.62. The van der Waals surface area contributed by atoms with Crippen molar-refractivity contribution in [3.8, 4) is 5.75 Å². The smallest absolute Gasteiger partial charge is 0.193 e. The number of aromatic nitrogens is 2. The third-order valence-electron chi connectivity index (χ3n) is 4.54. The third-order valence-corrected chi connectivity index (χ3v) is 4.54. The Morgan fingerprint density at radius 1 is 1.17 bits per heavy atom. The summed E-state index contributed by atoms with van der Waals surface area (Å²) in [6.07, 6.45) is 5.60. The molecule has 1 aromatic heterocycles. The molecule has 0 unspecified atom stereocenters. The molecule has 0 aliphatic rings. The normalized spacial score (nSPS) is 10.9. The summed E-state index contributed by atoms with van der Waals surface area (Å²) in [5, 5.41) is 3.45. The first-order valence-electron chi connectivity index (χ1n) is 9.27. The molecule has 0 bridgehead atoms. The van der Waals surface area contributed by atoms with Crippen LogP contribution in [-0.2, 0) is 19.6 Å². The van der Waals surface area contributed by atoms with Crippen LogP contribution in [0.2, 0.25) is 0 Å². The van der Waals surface area contributed by atoms with Gasteiger partial charge in [0.25, 0.3) is 0 Å². The number of aliphatic imine (C=N–C) groups is 1. The number of para-hydroxylation sites is 1. The highest BCUT2D eigenvalue weighted by molar-refractivity contribution is 14.0. The number of nitrogens with zero attached hydrogens (tertiary/aromatic N) is 4. The van der Waals surface area contributed by atoms with E-state index < -0.39 is 0 Å². The van der Waals surface area contributed by atoms with E-state index in [1.807, 2.05) is 37.8 Å². The van der Waals surface area contributed by atoms with Gasteiger partial charge in [0.15, 0.2) is 5.96 Å². The predicted octanol–water partition coefficient (Wildman–Crippen LogP) is 3.77. The van der Waals surface area contributed by atoms with Gasteiger partial charge in [0.05, 0.1) is 13.4 Å². The van der Waals surface area contributed by atoms with Crippen LogP contribution in [0.5, 0.6) is 5.75 Å². The summed E-state index contributed by atoms with van der Waals surface area (Å²) in [5.41, 5.74) is 3.58. The second-order valence-electron chi connectivity index (χ2n) is 6.62. The van der Waals surface area contributed by atoms with E-state index in [9.17, 15) is 0 Å². The zero-order valence-electron chi connectivity index (χ0n) is 17.1. The van der Waals surface area contributed by atoms with Gasteiger partial charge >= 0.3 is 0 Å². The van der Waals surface area contributed by atoms with E-state index in [2.05, 4.69) is 55.1 Å². The largest absolute Gasteiger partial charge is 0.496 e. The Bertz CT molecular complexity index is 911. The topological polar surface area (TPSA) is 54.7 Å². The molecule has 0 aliphatic heterocycles. The molecule has 0 spiro atoms. The number of imidazole rings is 1. The molecule has 0 amide bonds. The number of hydrogen-bond donors (Lipinski definition) is 1. The number of methoxy groups -OCH3 is 1. The van der Waals surface area contributed by atoms with Crippen molar-refractivity contribution in [1.82, 2.24) is 19.8 Å². The lowest BCUT2D eigenvalue weighted by Gasteiger charge is -2.23. The predicted molar refractivity (Wildman–Crippen MR) is 128 cm³/mol. The van der Waals surface area contributed by atoms with Crippen molar-refractivity contribution in [3.63, 3.8) is 0 Å². The number of halogens is 1. The van der Waals surface area contributed by atoms with Crippen molar-refractivity contribution >= 4 is 29.9 Å². The van der Waals surface area contributed by atoms with Gasteiger partial charge in [0.2, 0.25) is 0 Å². The van der Waals surface area contributed by atoms with Crippen molar-refractivity contribution < 1.29 is 4.74 Å². The summed E-state index contributed by atoms with van der Waals surface area (Å²) in [7, 11) is 5.52. The minimum Gasteiger partial charge on any atom is -0.496 e. The lowest BCUT2D eigenvalue weighted by Crippen LogP contribution is -2.38. The Hall–Kier alpha value is -2.55. The van der Waals surface area contributed by atoms with Gasteiger partial charge < -0.3 is 19.5 Å². The van der Waals surface area contributed by atoms with Gasteiger partial charge in [-0.25, -0.2) is 4.98 Å². The monoisotopic (exact) mass is 505 g/mol. The maximum atomic E-state index is 5.45.